The van der Waals surface area contributed by atoms with Crippen LogP contribution in [0, 0.1) is 0 Å². The highest BCUT2D eigenvalue weighted by Crippen LogP contribution is 2.23. The molecule has 14 heavy (non-hydrogen) atoms. The van der Waals surface area contributed by atoms with Gasteiger partial charge in [-0.15, -0.1) is 0 Å². The van der Waals surface area contributed by atoms with Crippen molar-refractivity contribution in [1.82, 2.24) is 15.5 Å². The topological polar surface area (TPSA) is 61.4 Å². The fraction of sp³-hybridized carbons (Fsp3) is 0.778. The van der Waals surface area contributed by atoms with Crippen molar-refractivity contribution < 1.29 is 9.59 Å². The Bertz CT molecular complexity index is 269. The van der Waals surface area contributed by atoms with Gasteiger partial charge in [0.05, 0.1) is 6.54 Å². The molecule has 2 aliphatic rings. The number of likely N-dealkylation sites (tertiary alicyclic amines) is 1. The van der Waals surface area contributed by atoms with Gasteiger partial charge in [-0.2, -0.15) is 0 Å². The van der Waals surface area contributed by atoms with Crippen molar-refractivity contribution >= 4 is 11.8 Å². The Morgan fingerprint density at radius 2 is 1.93 bits per heavy atom. The van der Waals surface area contributed by atoms with E-state index in [2.05, 4.69) is 15.5 Å². The van der Waals surface area contributed by atoms with E-state index in [0.717, 1.165) is 25.9 Å². The zero-order valence-corrected chi connectivity index (χ0v) is 8.30. The van der Waals surface area contributed by atoms with Crippen LogP contribution in [0.15, 0.2) is 0 Å². The first-order valence-electron chi connectivity index (χ1n) is 4.90. The van der Waals surface area contributed by atoms with Crippen molar-refractivity contribution in [3.05, 3.63) is 0 Å². The van der Waals surface area contributed by atoms with Gasteiger partial charge in [0.2, 0.25) is 11.8 Å². The van der Waals surface area contributed by atoms with Gasteiger partial charge in [-0.05, 0) is 19.9 Å². The lowest BCUT2D eigenvalue weighted by atomic mass is 9.85. The lowest BCUT2D eigenvalue weighted by Gasteiger charge is -2.41. The molecule has 0 saturated carbocycles. The minimum Gasteiger partial charge on any atom is -0.306 e. The summed E-state index contributed by atoms with van der Waals surface area (Å²) in [6, 6.07) is 0. The number of piperidine rings is 1. The number of nitrogens with zero attached hydrogens (tertiary/aromatic N) is 1. The molecule has 2 heterocycles. The van der Waals surface area contributed by atoms with Gasteiger partial charge in [0.15, 0.2) is 0 Å². The molecule has 1 spiro atoms. The summed E-state index contributed by atoms with van der Waals surface area (Å²) in [6.07, 6.45) is 1.56. The molecule has 5 heteroatoms. The van der Waals surface area contributed by atoms with Gasteiger partial charge >= 0.3 is 0 Å². The fourth-order valence-electron chi connectivity index (χ4n) is 2.02. The first-order valence-corrected chi connectivity index (χ1v) is 4.90. The first kappa shape index (κ1) is 9.61. The maximum Gasteiger partial charge on any atom is 0.247 e. The molecule has 5 nitrogen and oxygen atoms in total. The molecule has 2 aliphatic heterocycles. The van der Waals surface area contributed by atoms with Gasteiger partial charge in [0.1, 0.15) is 5.54 Å². The smallest absolute Gasteiger partial charge is 0.247 e. The molecule has 0 aromatic rings. The SMILES string of the molecule is CN1CCC2(CC1)NCC(=O)NC2=O. The summed E-state index contributed by atoms with van der Waals surface area (Å²) in [5, 5.41) is 5.46. The predicted octanol–water partition coefficient (Wildman–Crippen LogP) is -1.30. The molecule has 0 aliphatic carbocycles. The van der Waals surface area contributed by atoms with E-state index in [1.165, 1.54) is 0 Å². The highest BCUT2D eigenvalue weighted by molar-refractivity contribution is 6.03. The van der Waals surface area contributed by atoms with Gasteiger partial charge < -0.3 is 4.90 Å². The van der Waals surface area contributed by atoms with E-state index < -0.39 is 5.54 Å². The Balaban J connectivity index is 2.08. The average Bonchev–Trinajstić information content (AvgIpc) is 2.16. The number of piperazine rings is 1. The van der Waals surface area contributed by atoms with E-state index in [4.69, 9.17) is 0 Å². The monoisotopic (exact) mass is 197 g/mol. The third-order valence-electron chi connectivity index (χ3n) is 3.12. The lowest BCUT2D eigenvalue weighted by Crippen LogP contribution is -2.68. The molecule has 0 radical (unpaired) electrons. The zero-order chi connectivity index (χ0) is 10.2. The van der Waals surface area contributed by atoms with Crippen molar-refractivity contribution in [3.63, 3.8) is 0 Å². The van der Waals surface area contributed by atoms with Gasteiger partial charge in [0.25, 0.3) is 0 Å². The number of nitrogens with one attached hydrogen (secondary N) is 2. The van der Waals surface area contributed by atoms with Crippen LogP contribution in [0.4, 0.5) is 0 Å². The average molecular weight is 197 g/mol. The van der Waals surface area contributed by atoms with Crippen LogP contribution >= 0.6 is 0 Å². The van der Waals surface area contributed by atoms with Crippen LogP contribution in [-0.4, -0.2) is 48.9 Å². The van der Waals surface area contributed by atoms with Gasteiger partial charge in [-0.1, -0.05) is 0 Å². The fourth-order valence-corrected chi connectivity index (χ4v) is 2.02. The van der Waals surface area contributed by atoms with Crippen molar-refractivity contribution in [1.29, 1.82) is 0 Å². The molecule has 2 rings (SSSR count). The van der Waals surface area contributed by atoms with Crippen LogP contribution in [0.2, 0.25) is 0 Å². The van der Waals surface area contributed by atoms with E-state index >= 15 is 0 Å². The third kappa shape index (κ3) is 1.53. The number of carbonyl (C=O) groups excluding carboxylic acids is 2. The molecule has 2 N–H and O–H groups in total. The largest absolute Gasteiger partial charge is 0.306 e. The number of hydrogen-bond donors (Lipinski definition) is 2. The van der Waals surface area contributed by atoms with Crippen LogP contribution in [0.1, 0.15) is 12.8 Å². The summed E-state index contributed by atoms with van der Waals surface area (Å²) in [7, 11) is 2.04. The maximum atomic E-state index is 11.7. The second-order valence-corrected chi connectivity index (χ2v) is 4.12. The molecule has 2 saturated heterocycles. The van der Waals surface area contributed by atoms with Gasteiger partial charge in [0, 0.05) is 13.1 Å². The van der Waals surface area contributed by atoms with Crippen molar-refractivity contribution in [2.75, 3.05) is 26.7 Å². The first-order chi connectivity index (χ1) is 6.62. The molecule has 2 fully saturated rings. The molecular weight excluding hydrogens is 182 g/mol. The van der Waals surface area contributed by atoms with Gasteiger partial charge in [-0.25, -0.2) is 0 Å². The Kier molecular flexibility index (Phi) is 2.28. The van der Waals surface area contributed by atoms with E-state index in [1.54, 1.807) is 0 Å². The molecular formula is C9H15N3O2. The molecule has 0 bridgehead atoms. The predicted molar refractivity (Wildman–Crippen MR) is 50.6 cm³/mol. The minimum atomic E-state index is -0.486. The molecule has 0 aromatic carbocycles. The number of imide groups is 1. The highest BCUT2D eigenvalue weighted by Gasteiger charge is 2.43. The van der Waals surface area contributed by atoms with E-state index in [0.29, 0.717) is 0 Å². The Morgan fingerprint density at radius 3 is 2.50 bits per heavy atom. The summed E-state index contributed by atoms with van der Waals surface area (Å²) in [4.78, 5) is 24.8. The summed E-state index contributed by atoms with van der Waals surface area (Å²) < 4.78 is 0. The van der Waals surface area contributed by atoms with Gasteiger partial charge in [-0.3, -0.25) is 20.2 Å². The van der Waals surface area contributed by atoms with Crippen LogP contribution in [0.5, 0.6) is 0 Å². The summed E-state index contributed by atoms with van der Waals surface area (Å²) in [5.74, 6) is -0.374. The summed E-state index contributed by atoms with van der Waals surface area (Å²) in [5.41, 5.74) is -0.486. The van der Waals surface area contributed by atoms with Crippen LogP contribution in [0.25, 0.3) is 0 Å². The minimum absolute atomic E-state index is 0.151. The molecule has 0 atom stereocenters. The molecule has 0 aromatic heterocycles. The van der Waals surface area contributed by atoms with Crippen molar-refractivity contribution in [2.45, 2.75) is 18.4 Å². The molecule has 78 valence electrons. The second-order valence-electron chi connectivity index (χ2n) is 4.12. The number of rotatable bonds is 0. The number of carbonyl (C=O) groups is 2. The van der Waals surface area contributed by atoms with E-state index in [-0.39, 0.29) is 18.4 Å². The standard InChI is InChI=1S/C9H15N3O2/c1-12-4-2-9(3-5-12)8(14)11-7(13)6-10-9/h10H,2-6H2,1H3,(H,11,13,14). The number of hydrogen-bond acceptors (Lipinski definition) is 4. The second kappa shape index (κ2) is 3.33. The summed E-state index contributed by atoms with van der Waals surface area (Å²) in [6.45, 7) is 2.05. The highest BCUT2D eigenvalue weighted by atomic mass is 16.2. The molecule has 0 unspecified atom stereocenters. The lowest BCUT2D eigenvalue weighted by molar-refractivity contribution is -0.139. The Morgan fingerprint density at radius 1 is 1.29 bits per heavy atom. The van der Waals surface area contributed by atoms with Crippen LogP contribution in [0.3, 0.4) is 0 Å². The van der Waals surface area contributed by atoms with Crippen molar-refractivity contribution in [3.8, 4) is 0 Å². The van der Waals surface area contributed by atoms with Crippen molar-refractivity contribution in [2.24, 2.45) is 0 Å². The Labute approximate surface area is 82.8 Å². The Hall–Kier alpha value is -0.940. The normalized spacial score (nSPS) is 27.8. The van der Waals surface area contributed by atoms with E-state index in [1.807, 2.05) is 7.05 Å². The summed E-state index contributed by atoms with van der Waals surface area (Å²) >= 11 is 0. The quantitative estimate of drug-likeness (QED) is 0.474. The third-order valence-corrected chi connectivity index (χ3v) is 3.12. The van der Waals surface area contributed by atoms with Crippen LogP contribution in [-0.2, 0) is 9.59 Å². The zero-order valence-electron chi connectivity index (χ0n) is 8.30. The van der Waals surface area contributed by atoms with Crippen LogP contribution < -0.4 is 10.6 Å². The molecule has 2 amide bonds. The number of amides is 2. The van der Waals surface area contributed by atoms with E-state index in [9.17, 15) is 9.59 Å². The maximum absolute atomic E-state index is 11.7.